The first-order valence-corrected chi connectivity index (χ1v) is 10.2. The first kappa shape index (κ1) is 19.6. The van der Waals surface area contributed by atoms with Gasteiger partial charge in [0.2, 0.25) is 0 Å². The first-order valence-electron chi connectivity index (χ1n) is 10.2. The van der Waals surface area contributed by atoms with Gasteiger partial charge in [-0.25, -0.2) is 0 Å². The molecule has 25 heavy (non-hydrogen) atoms. The van der Waals surface area contributed by atoms with Crippen LogP contribution in [-0.4, -0.2) is 0 Å². The van der Waals surface area contributed by atoms with Gasteiger partial charge in [-0.15, -0.1) is 0 Å². The molecule has 0 saturated heterocycles. The smallest absolute Gasteiger partial charge is 0.0449 e. The molecule has 136 valence electrons. The summed E-state index contributed by atoms with van der Waals surface area (Å²) in [5.41, 5.74) is 8.58. The second-order valence-electron chi connectivity index (χ2n) is 7.03. The van der Waals surface area contributed by atoms with Crippen LogP contribution >= 0.6 is 0 Å². The molecule has 0 spiro atoms. The Bertz CT molecular complexity index is 551. The van der Waals surface area contributed by atoms with E-state index in [0.717, 1.165) is 25.7 Å². The third-order valence-corrected chi connectivity index (χ3v) is 4.80. The van der Waals surface area contributed by atoms with Crippen molar-refractivity contribution < 1.29 is 0 Å². The first-order chi connectivity index (χ1) is 12.2. The van der Waals surface area contributed by atoms with Crippen LogP contribution in [-0.2, 0) is 25.7 Å². The average Bonchev–Trinajstić information content (AvgIpc) is 2.61. The van der Waals surface area contributed by atoms with E-state index in [4.69, 9.17) is 0 Å². The Hall–Kier alpha value is -1.76. The Labute approximate surface area is 154 Å². The highest BCUT2D eigenvalue weighted by Crippen LogP contribution is 2.32. The number of rotatable bonds is 10. The summed E-state index contributed by atoms with van der Waals surface area (Å²) in [6.45, 7) is 9.07. The lowest BCUT2D eigenvalue weighted by atomic mass is 9.96. The van der Waals surface area contributed by atoms with Gasteiger partial charge < -0.3 is 5.32 Å². The van der Waals surface area contributed by atoms with E-state index in [0.29, 0.717) is 0 Å². The largest absolute Gasteiger partial charge is 0.355 e. The van der Waals surface area contributed by atoms with Gasteiger partial charge in [0.25, 0.3) is 0 Å². The summed E-state index contributed by atoms with van der Waals surface area (Å²) in [5.74, 6) is 0. The quantitative estimate of drug-likeness (QED) is 0.482. The van der Waals surface area contributed by atoms with E-state index in [1.807, 2.05) is 0 Å². The molecule has 1 nitrogen and oxygen atoms in total. The highest BCUT2D eigenvalue weighted by molar-refractivity contribution is 5.72. The molecule has 0 radical (unpaired) electrons. The number of para-hydroxylation sites is 2. The molecule has 0 saturated carbocycles. The van der Waals surface area contributed by atoms with Gasteiger partial charge in [0.15, 0.2) is 0 Å². The molecule has 1 heteroatoms. The Morgan fingerprint density at radius 3 is 1.04 bits per heavy atom. The molecule has 0 aliphatic heterocycles. The second-order valence-corrected chi connectivity index (χ2v) is 7.03. The van der Waals surface area contributed by atoms with Crippen molar-refractivity contribution in [3.8, 4) is 0 Å². The zero-order valence-corrected chi connectivity index (χ0v) is 16.6. The molecule has 0 fully saturated rings. The molecule has 2 aromatic rings. The van der Waals surface area contributed by atoms with E-state index in [1.54, 1.807) is 0 Å². The van der Waals surface area contributed by atoms with Crippen LogP contribution in [0.3, 0.4) is 0 Å². The lowest BCUT2D eigenvalue weighted by Crippen LogP contribution is -2.06. The van der Waals surface area contributed by atoms with Gasteiger partial charge in [0.1, 0.15) is 0 Å². The minimum absolute atomic E-state index is 1.14. The van der Waals surface area contributed by atoms with Crippen molar-refractivity contribution in [2.45, 2.75) is 79.1 Å². The third-order valence-electron chi connectivity index (χ3n) is 4.80. The number of nitrogens with one attached hydrogen (secondary N) is 1. The van der Waals surface area contributed by atoms with Crippen LogP contribution in [0, 0.1) is 0 Å². The van der Waals surface area contributed by atoms with Crippen molar-refractivity contribution in [1.82, 2.24) is 0 Å². The van der Waals surface area contributed by atoms with Crippen molar-refractivity contribution >= 4 is 11.4 Å². The Morgan fingerprint density at radius 2 is 0.800 bits per heavy atom. The van der Waals surface area contributed by atoms with E-state index in [9.17, 15) is 0 Å². The summed E-state index contributed by atoms with van der Waals surface area (Å²) in [5, 5.41) is 3.92. The summed E-state index contributed by atoms with van der Waals surface area (Å²) >= 11 is 0. The molecule has 0 aliphatic rings. The van der Waals surface area contributed by atoms with Crippen LogP contribution in [0.2, 0.25) is 0 Å². The predicted molar refractivity (Wildman–Crippen MR) is 112 cm³/mol. The van der Waals surface area contributed by atoms with Crippen LogP contribution in [0.5, 0.6) is 0 Å². The molecule has 2 rings (SSSR count). The van der Waals surface area contributed by atoms with Crippen molar-refractivity contribution in [2.24, 2.45) is 0 Å². The lowest BCUT2D eigenvalue weighted by molar-refractivity contribution is 0.889. The number of anilines is 2. The van der Waals surface area contributed by atoms with Crippen molar-refractivity contribution in [3.05, 3.63) is 58.7 Å². The molecular weight excluding hydrogens is 302 g/mol. The highest BCUT2D eigenvalue weighted by atomic mass is 14.9. The average molecular weight is 338 g/mol. The van der Waals surface area contributed by atoms with E-state index in [1.165, 1.54) is 59.3 Å². The van der Waals surface area contributed by atoms with Crippen LogP contribution in [0.4, 0.5) is 11.4 Å². The molecule has 0 heterocycles. The van der Waals surface area contributed by atoms with Gasteiger partial charge in [-0.1, -0.05) is 89.8 Å². The normalized spacial score (nSPS) is 10.9. The van der Waals surface area contributed by atoms with E-state index in [-0.39, 0.29) is 0 Å². The van der Waals surface area contributed by atoms with Gasteiger partial charge in [0.05, 0.1) is 0 Å². The maximum absolute atomic E-state index is 3.92. The number of benzene rings is 2. The zero-order valence-electron chi connectivity index (χ0n) is 16.6. The van der Waals surface area contributed by atoms with Crippen LogP contribution in [0.25, 0.3) is 0 Å². The van der Waals surface area contributed by atoms with Crippen molar-refractivity contribution in [2.75, 3.05) is 5.32 Å². The minimum Gasteiger partial charge on any atom is -0.355 e. The maximum atomic E-state index is 3.92. The Balaban J connectivity index is 2.50. The van der Waals surface area contributed by atoms with Crippen LogP contribution < -0.4 is 5.32 Å². The number of hydrogen-bond acceptors (Lipinski definition) is 1. The summed E-state index contributed by atoms with van der Waals surface area (Å²) in [6.07, 6.45) is 9.28. The molecule has 0 bridgehead atoms. The van der Waals surface area contributed by atoms with Crippen molar-refractivity contribution in [1.29, 1.82) is 0 Å². The van der Waals surface area contributed by atoms with Gasteiger partial charge in [-0.3, -0.25) is 0 Å². The monoisotopic (exact) mass is 337 g/mol. The molecule has 0 unspecified atom stereocenters. The molecule has 0 aliphatic carbocycles. The molecular formula is C24H35N. The lowest BCUT2D eigenvalue weighted by Gasteiger charge is -2.21. The number of hydrogen-bond donors (Lipinski definition) is 1. The number of aryl methyl sites for hydroxylation is 4. The van der Waals surface area contributed by atoms with E-state index in [2.05, 4.69) is 69.4 Å². The van der Waals surface area contributed by atoms with E-state index < -0.39 is 0 Å². The van der Waals surface area contributed by atoms with Gasteiger partial charge >= 0.3 is 0 Å². The fourth-order valence-electron chi connectivity index (χ4n) is 3.66. The second kappa shape index (κ2) is 10.3. The van der Waals surface area contributed by atoms with Gasteiger partial charge in [0, 0.05) is 11.4 Å². The summed E-state index contributed by atoms with van der Waals surface area (Å²) < 4.78 is 0. The summed E-state index contributed by atoms with van der Waals surface area (Å²) in [6, 6.07) is 13.7. The SMILES string of the molecule is CCCc1cccc(CCC)c1Nc1c(CCC)cccc1CCC. The zero-order chi connectivity index (χ0) is 18.1. The maximum Gasteiger partial charge on any atom is 0.0449 e. The van der Waals surface area contributed by atoms with Gasteiger partial charge in [-0.05, 0) is 47.9 Å². The Morgan fingerprint density at radius 1 is 0.520 bits per heavy atom. The fraction of sp³-hybridized carbons (Fsp3) is 0.500. The van der Waals surface area contributed by atoms with E-state index >= 15 is 0 Å². The minimum atomic E-state index is 1.14. The molecule has 0 atom stereocenters. The highest BCUT2D eigenvalue weighted by Gasteiger charge is 2.13. The fourth-order valence-corrected chi connectivity index (χ4v) is 3.66. The molecule has 2 aromatic carbocycles. The molecule has 0 aromatic heterocycles. The predicted octanol–water partition coefficient (Wildman–Crippen LogP) is 7.24. The van der Waals surface area contributed by atoms with Crippen LogP contribution in [0.1, 0.15) is 75.6 Å². The van der Waals surface area contributed by atoms with Crippen molar-refractivity contribution in [3.63, 3.8) is 0 Å². The van der Waals surface area contributed by atoms with Gasteiger partial charge in [-0.2, -0.15) is 0 Å². The summed E-state index contributed by atoms with van der Waals surface area (Å²) in [4.78, 5) is 0. The Kier molecular flexibility index (Phi) is 8.04. The third kappa shape index (κ3) is 5.11. The van der Waals surface area contributed by atoms with Crippen LogP contribution in [0.15, 0.2) is 36.4 Å². The standard InChI is InChI=1S/C24H35N/c1-5-11-19-15-9-16-20(12-6-2)23(19)25-24-21(13-7-3)17-10-18-22(24)14-8-4/h9-10,15-18,25H,5-8,11-14H2,1-4H3. The molecule has 0 amide bonds. The topological polar surface area (TPSA) is 12.0 Å². The molecule has 1 N–H and O–H groups in total. The summed E-state index contributed by atoms with van der Waals surface area (Å²) in [7, 11) is 0.